The van der Waals surface area contributed by atoms with Gasteiger partial charge in [-0.05, 0) is 42.8 Å². The van der Waals surface area contributed by atoms with Gasteiger partial charge in [0.05, 0.1) is 0 Å². The number of benzene rings is 1. The Hall–Kier alpha value is -2.23. The molecule has 33 heavy (non-hydrogen) atoms. The average molecular weight is 455 g/mol. The van der Waals surface area contributed by atoms with Gasteiger partial charge >= 0.3 is 5.63 Å². The highest BCUT2D eigenvalue weighted by atomic mass is 16.4. The van der Waals surface area contributed by atoms with Gasteiger partial charge in [-0.3, -0.25) is 0 Å². The van der Waals surface area contributed by atoms with Crippen molar-refractivity contribution in [1.29, 1.82) is 0 Å². The van der Waals surface area contributed by atoms with Gasteiger partial charge in [0.25, 0.3) is 0 Å². The van der Waals surface area contributed by atoms with E-state index in [0.29, 0.717) is 5.58 Å². The van der Waals surface area contributed by atoms with Crippen LogP contribution >= 0.6 is 0 Å². The molecule has 1 heterocycles. The minimum atomic E-state index is -0.295. The predicted octanol–water partition coefficient (Wildman–Crippen LogP) is 7.85. The Morgan fingerprint density at radius 1 is 0.788 bits per heavy atom. The van der Waals surface area contributed by atoms with Crippen LogP contribution in [-0.4, -0.2) is 32.1 Å². The fraction of sp³-hybridized carbons (Fsp3) is 0.621. The molecule has 0 radical (unpaired) electrons. The largest absolute Gasteiger partial charge is 0.423 e. The quantitative estimate of drug-likeness (QED) is 0.180. The summed E-state index contributed by atoms with van der Waals surface area (Å²) < 4.78 is 5.61. The van der Waals surface area contributed by atoms with Crippen LogP contribution in [0.3, 0.4) is 0 Å². The standard InChI is InChI=1S/C29H46N2O2/c1-5-7-9-11-13-15-20-31(21-16-14-12-10-8-6-2)26-17-18-27-25(19-22-30(3)4)23-29(32)33-28(27)24-26/h17-19,22-24H,5-16,20-21H2,1-4H3. The lowest BCUT2D eigenvalue weighted by atomic mass is 10.1. The third-order valence-electron chi connectivity index (χ3n) is 6.24. The highest BCUT2D eigenvalue weighted by Crippen LogP contribution is 2.26. The second-order valence-corrected chi connectivity index (χ2v) is 9.50. The summed E-state index contributed by atoms with van der Waals surface area (Å²) in [6.45, 7) is 6.66. The second kappa shape index (κ2) is 15.6. The van der Waals surface area contributed by atoms with Crippen molar-refractivity contribution >= 4 is 22.7 Å². The van der Waals surface area contributed by atoms with E-state index in [-0.39, 0.29) is 5.63 Å². The molecule has 0 amide bonds. The van der Waals surface area contributed by atoms with Crippen molar-refractivity contribution in [2.75, 3.05) is 32.1 Å². The van der Waals surface area contributed by atoms with Crippen LogP contribution < -0.4 is 10.5 Å². The van der Waals surface area contributed by atoms with E-state index in [1.807, 2.05) is 31.3 Å². The van der Waals surface area contributed by atoms with Crippen LogP contribution in [0.25, 0.3) is 17.0 Å². The molecule has 0 aliphatic carbocycles. The third kappa shape index (κ3) is 10.1. The van der Waals surface area contributed by atoms with Crippen molar-refractivity contribution in [2.24, 2.45) is 0 Å². The van der Waals surface area contributed by atoms with Gasteiger partial charge in [0.15, 0.2) is 0 Å². The summed E-state index contributed by atoms with van der Waals surface area (Å²) in [6.07, 6.45) is 19.6. The lowest BCUT2D eigenvalue weighted by Gasteiger charge is -2.25. The Morgan fingerprint density at radius 3 is 1.94 bits per heavy atom. The molecule has 1 aromatic heterocycles. The number of anilines is 1. The van der Waals surface area contributed by atoms with Crippen molar-refractivity contribution in [3.8, 4) is 0 Å². The Balaban J connectivity index is 2.13. The molecular weight excluding hydrogens is 408 g/mol. The van der Waals surface area contributed by atoms with E-state index >= 15 is 0 Å². The van der Waals surface area contributed by atoms with Gasteiger partial charge in [-0.25, -0.2) is 4.79 Å². The van der Waals surface area contributed by atoms with Gasteiger partial charge in [-0.2, -0.15) is 0 Å². The second-order valence-electron chi connectivity index (χ2n) is 9.50. The van der Waals surface area contributed by atoms with Crippen LogP contribution in [0.1, 0.15) is 96.5 Å². The molecule has 1 aromatic carbocycles. The smallest absolute Gasteiger partial charge is 0.336 e. The molecule has 0 saturated carbocycles. The fourth-order valence-corrected chi connectivity index (χ4v) is 4.28. The number of nitrogens with zero attached hydrogens (tertiary/aromatic N) is 2. The van der Waals surface area contributed by atoms with Crippen molar-refractivity contribution in [3.05, 3.63) is 46.4 Å². The summed E-state index contributed by atoms with van der Waals surface area (Å²) in [4.78, 5) is 16.7. The number of hydrogen-bond donors (Lipinski definition) is 0. The van der Waals surface area contributed by atoms with E-state index in [1.54, 1.807) is 6.07 Å². The zero-order chi connectivity index (χ0) is 23.9. The molecule has 0 aliphatic rings. The third-order valence-corrected chi connectivity index (χ3v) is 6.24. The van der Waals surface area contributed by atoms with Crippen molar-refractivity contribution < 1.29 is 4.42 Å². The maximum atomic E-state index is 12.2. The van der Waals surface area contributed by atoms with E-state index in [0.717, 1.165) is 24.0 Å². The van der Waals surface area contributed by atoms with Crippen molar-refractivity contribution in [1.82, 2.24) is 4.90 Å². The van der Waals surface area contributed by atoms with Crippen LogP contribution in [0, 0.1) is 0 Å². The van der Waals surface area contributed by atoms with Crippen LogP contribution in [0.5, 0.6) is 0 Å². The Kier molecular flexibility index (Phi) is 12.8. The maximum Gasteiger partial charge on any atom is 0.336 e. The monoisotopic (exact) mass is 454 g/mol. The molecule has 4 heteroatoms. The first-order valence-electron chi connectivity index (χ1n) is 13.2. The lowest BCUT2D eigenvalue weighted by Crippen LogP contribution is -2.25. The summed E-state index contributed by atoms with van der Waals surface area (Å²) in [5, 5.41) is 0.982. The fourth-order valence-electron chi connectivity index (χ4n) is 4.28. The van der Waals surface area contributed by atoms with Crippen molar-refractivity contribution in [3.63, 3.8) is 0 Å². The highest BCUT2D eigenvalue weighted by Gasteiger charge is 2.10. The van der Waals surface area contributed by atoms with Crippen LogP contribution in [0.2, 0.25) is 0 Å². The molecule has 184 valence electrons. The number of fused-ring (bicyclic) bond motifs is 1. The molecule has 2 rings (SSSR count). The Morgan fingerprint density at radius 2 is 1.36 bits per heavy atom. The average Bonchev–Trinajstić information content (AvgIpc) is 2.80. The Bertz CT molecular complexity index is 869. The molecule has 0 bridgehead atoms. The van der Waals surface area contributed by atoms with E-state index in [1.165, 1.54) is 82.7 Å². The number of unbranched alkanes of at least 4 members (excludes halogenated alkanes) is 10. The number of hydrogen-bond acceptors (Lipinski definition) is 4. The summed E-state index contributed by atoms with van der Waals surface area (Å²) in [5.41, 5.74) is 2.45. The first-order valence-corrected chi connectivity index (χ1v) is 13.2. The minimum absolute atomic E-state index is 0.295. The first-order chi connectivity index (χ1) is 16.0. The van der Waals surface area contributed by atoms with Gasteiger partial charge in [0.2, 0.25) is 0 Å². The van der Waals surface area contributed by atoms with Crippen molar-refractivity contribution in [2.45, 2.75) is 90.9 Å². The molecule has 0 saturated heterocycles. The van der Waals surface area contributed by atoms with Crippen LogP contribution in [-0.2, 0) is 0 Å². The van der Waals surface area contributed by atoms with Crippen LogP contribution in [0.4, 0.5) is 5.69 Å². The molecular formula is C29H46N2O2. The molecule has 0 aliphatic heterocycles. The van der Waals surface area contributed by atoms with E-state index < -0.39 is 0 Å². The summed E-state index contributed by atoms with van der Waals surface area (Å²) >= 11 is 0. The topological polar surface area (TPSA) is 36.7 Å². The minimum Gasteiger partial charge on any atom is -0.423 e. The van der Waals surface area contributed by atoms with Gasteiger partial charge < -0.3 is 14.2 Å². The predicted molar refractivity (Wildman–Crippen MR) is 144 cm³/mol. The molecule has 0 spiro atoms. The summed E-state index contributed by atoms with van der Waals surface area (Å²) in [7, 11) is 3.95. The molecule has 0 atom stereocenters. The molecule has 0 N–H and O–H groups in total. The summed E-state index contributed by atoms with van der Waals surface area (Å²) in [6, 6.07) is 7.95. The zero-order valence-electron chi connectivity index (χ0n) is 21.6. The van der Waals surface area contributed by atoms with Gasteiger partial charge in [-0.1, -0.05) is 78.1 Å². The lowest BCUT2D eigenvalue weighted by molar-refractivity contribution is 0.558. The SMILES string of the molecule is CCCCCCCCN(CCCCCCCC)c1ccc2c(C=CN(C)C)cc(=O)oc2c1. The maximum absolute atomic E-state index is 12.2. The zero-order valence-corrected chi connectivity index (χ0v) is 21.6. The van der Waals surface area contributed by atoms with Gasteiger partial charge in [0, 0.05) is 50.4 Å². The molecule has 4 nitrogen and oxygen atoms in total. The van der Waals surface area contributed by atoms with Gasteiger partial charge in [-0.15, -0.1) is 0 Å². The normalized spacial score (nSPS) is 11.5. The van der Waals surface area contributed by atoms with E-state index in [4.69, 9.17) is 4.42 Å². The Labute approximate surface area is 201 Å². The van der Waals surface area contributed by atoms with Crippen LogP contribution in [0.15, 0.2) is 39.7 Å². The number of rotatable bonds is 17. The summed E-state index contributed by atoms with van der Waals surface area (Å²) in [5.74, 6) is 0. The first kappa shape index (κ1) is 27.0. The molecule has 0 fully saturated rings. The molecule has 2 aromatic rings. The molecule has 0 unspecified atom stereocenters. The van der Waals surface area contributed by atoms with E-state index in [2.05, 4.69) is 36.9 Å². The van der Waals surface area contributed by atoms with Gasteiger partial charge in [0.1, 0.15) is 5.58 Å². The van der Waals surface area contributed by atoms with E-state index in [9.17, 15) is 4.79 Å². The highest BCUT2D eigenvalue weighted by molar-refractivity contribution is 5.88.